The average Bonchev–Trinajstić information content (AvgIpc) is 2.55. The van der Waals surface area contributed by atoms with Crippen molar-refractivity contribution >= 4 is 23.5 Å². The minimum absolute atomic E-state index is 0.00167. The molecule has 0 aliphatic rings. The fourth-order valence-corrected chi connectivity index (χ4v) is 2.62. The number of benzene rings is 2. The Kier molecular flexibility index (Phi) is 5.99. The maximum atomic E-state index is 12.6. The predicted octanol–water partition coefficient (Wildman–Crippen LogP) is 3.67. The Hall–Kier alpha value is -2.33. The van der Waals surface area contributed by atoms with Crippen LogP contribution in [-0.4, -0.2) is 35.0 Å². The summed E-state index contributed by atoms with van der Waals surface area (Å²) in [5, 5.41) is 9.56. The number of carboxylic acids is 1. The van der Waals surface area contributed by atoms with E-state index in [0.717, 1.165) is 5.56 Å². The van der Waals surface area contributed by atoms with Crippen molar-refractivity contribution < 1.29 is 14.7 Å². The van der Waals surface area contributed by atoms with E-state index in [-0.39, 0.29) is 18.4 Å². The van der Waals surface area contributed by atoms with Gasteiger partial charge in [0, 0.05) is 23.7 Å². The molecule has 24 heavy (non-hydrogen) atoms. The molecule has 0 bridgehead atoms. The van der Waals surface area contributed by atoms with Crippen molar-refractivity contribution in [3.8, 4) is 0 Å². The highest BCUT2D eigenvalue weighted by Gasteiger charge is 2.18. The molecule has 1 unspecified atom stereocenters. The maximum absolute atomic E-state index is 12.6. The van der Waals surface area contributed by atoms with Gasteiger partial charge in [-0.25, -0.2) is 0 Å². The van der Waals surface area contributed by atoms with Crippen LogP contribution in [0.25, 0.3) is 0 Å². The summed E-state index contributed by atoms with van der Waals surface area (Å²) in [5.41, 5.74) is 2.22. The standard InChI is InChI=1S/C19H20ClNO3/c1-13(10-14-6-8-17(20)9-7-14)21(2)19(24)16-5-3-4-15(11-16)12-18(22)23/h3-9,11,13H,10,12H2,1-2H3,(H,22,23). The van der Waals surface area contributed by atoms with Gasteiger partial charge in [0.2, 0.25) is 0 Å². The van der Waals surface area contributed by atoms with Gasteiger partial charge < -0.3 is 10.0 Å². The molecular weight excluding hydrogens is 326 g/mol. The zero-order valence-electron chi connectivity index (χ0n) is 13.7. The molecule has 0 heterocycles. The Labute approximate surface area is 146 Å². The van der Waals surface area contributed by atoms with Crippen LogP contribution in [0.1, 0.15) is 28.4 Å². The van der Waals surface area contributed by atoms with E-state index in [4.69, 9.17) is 16.7 Å². The SMILES string of the molecule is CC(Cc1ccc(Cl)cc1)N(C)C(=O)c1cccc(CC(=O)O)c1. The summed E-state index contributed by atoms with van der Waals surface area (Å²) >= 11 is 5.89. The van der Waals surface area contributed by atoms with Gasteiger partial charge in [0.15, 0.2) is 0 Å². The predicted molar refractivity (Wildman–Crippen MR) is 94.5 cm³/mol. The van der Waals surface area contributed by atoms with Crippen LogP contribution in [0, 0.1) is 0 Å². The molecule has 5 heteroatoms. The third kappa shape index (κ3) is 4.83. The van der Waals surface area contributed by atoms with Gasteiger partial charge in [-0.1, -0.05) is 35.9 Å². The number of amides is 1. The summed E-state index contributed by atoms with van der Waals surface area (Å²) in [7, 11) is 1.76. The molecular formula is C19H20ClNO3. The quantitative estimate of drug-likeness (QED) is 0.869. The van der Waals surface area contributed by atoms with E-state index >= 15 is 0 Å². The number of likely N-dealkylation sites (N-methyl/N-ethyl adjacent to an activating group) is 1. The molecule has 1 atom stereocenters. The first-order chi connectivity index (χ1) is 11.4. The van der Waals surface area contributed by atoms with Crippen molar-refractivity contribution in [2.75, 3.05) is 7.05 Å². The number of halogens is 1. The molecule has 0 aromatic heterocycles. The average molecular weight is 346 g/mol. The third-order valence-corrected chi connectivity index (χ3v) is 4.21. The molecule has 0 saturated carbocycles. The van der Waals surface area contributed by atoms with Crippen LogP contribution in [0.15, 0.2) is 48.5 Å². The highest BCUT2D eigenvalue weighted by atomic mass is 35.5. The Morgan fingerprint density at radius 1 is 1.12 bits per heavy atom. The van der Waals surface area contributed by atoms with Crippen LogP contribution in [-0.2, 0) is 17.6 Å². The zero-order valence-corrected chi connectivity index (χ0v) is 14.5. The van der Waals surface area contributed by atoms with Gasteiger partial charge in [0.25, 0.3) is 5.91 Å². The maximum Gasteiger partial charge on any atom is 0.307 e. The molecule has 0 fully saturated rings. The molecule has 1 amide bonds. The van der Waals surface area contributed by atoms with Gasteiger partial charge in [-0.2, -0.15) is 0 Å². The Morgan fingerprint density at radius 2 is 1.79 bits per heavy atom. The Balaban J connectivity index is 2.07. The van der Waals surface area contributed by atoms with Gasteiger partial charge in [0.1, 0.15) is 0 Å². The Morgan fingerprint density at radius 3 is 2.42 bits per heavy atom. The molecule has 0 aliphatic heterocycles. The second-order valence-electron chi connectivity index (χ2n) is 5.87. The summed E-state index contributed by atoms with van der Waals surface area (Å²) < 4.78 is 0. The van der Waals surface area contributed by atoms with Crippen molar-refractivity contribution in [3.63, 3.8) is 0 Å². The third-order valence-electron chi connectivity index (χ3n) is 3.96. The Bertz CT molecular complexity index is 728. The lowest BCUT2D eigenvalue weighted by molar-refractivity contribution is -0.136. The van der Waals surface area contributed by atoms with Gasteiger partial charge >= 0.3 is 5.97 Å². The van der Waals surface area contributed by atoms with E-state index in [1.807, 2.05) is 31.2 Å². The number of aliphatic carboxylic acids is 1. The van der Waals surface area contributed by atoms with Crippen molar-refractivity contribution in [3.05, 3.63) is 70.2 Å². The summed E-state index contributed by atoms with van der Waals surface area (Å²) in [6.07, 6.45) is 0.624. The minimum atomic E-state index is -0.913. The lowest BCUT2D eigenvalue weighted by atomic mass is 10.0. The molecule has 2 rings (SSSR count). The van der Waals surface area contributed by atoms with Crippen LogP contribution in [0.4, 0.5) is 0 Å². The summed E-state index contributed by atoms with van der Waals surface area (Å²) in [4.78, 5) is 25.1. The van der Waals surface area contributed by atoms with E-state index in [1.165, 1.54) is 0 Å². The molecule has 0 spiro atoms. The molecule has 0 aliphatic carbocycles. The normalized spacial score (nSPS) is 11.8. The molecule has 0 radical (unpaired) electrons. The van der Waals surface area contributed by atoms with Crippen LogP contribution < -0.4 is 0 Å². The van der Waals surface area contributed by atoms with Crippen LogP contribution >= 0.6 is 11.6 Å². The van der Waals surface area contributed by atoms with Crippen LogP contribution in [0.5, 0.6) is 0 Å². The number of carboxylic acid groups (broad SMARTS) is 1. The smallest absolute Gasteiger partial charge is 0.307 e. The molecule has 2 aromatic carbocycles. The van der Waals surface area contributed by atoms with Crippen LogP contribution in [0.2, 0.25) is 5.02 Å². The number of hydrogen-bond acceptors (Lipinski definition) is 2. The van der Waals surface area contributed by atoms with E-state index in [1.54, 1.807) is 36.2 Å². The number of hydrogen-bond donors (Lipinski definition) is 1. The first-order valence-electron chi connectivity index (χ1n) is 7.69. The fourth-order valence-electron chi connectivity index (χ4n) is 2.49. The van der Waals surface area contributed by atoms with E-state index in [2.05, 4.69) is 0 Å². The second-order valence-corrected chi connectivity index (χ2v) is 6.30. The number of carbonyl (C=O) groups excluding carboxylic acids is 1. The molecule has 1 N–H and O–H groups in total. The number of carbonyl (C=O) groups is 2. The first-order valence-corrected chi connectivity index (χ1v) is 8.07. The van der Waals surface area contributed by atoms with Gasteiger partial charge in [-0.3, -0.25) is 9.59 Å². The topological polar surface area (TPSA) is 57.6 Å². The molecule has 126 valence electrons. The van der Waals surface area contributed by atoms with Crippen molar-refractivity contribution in [2.24, 2.45) is 0 Å². The molecule has 4 nitrogen and oxygen atoms in total. The highest BCUT2D eigenvalue weighted by molar-refractivity contribution is 6.30. The lowest BCUT2D eigenvalue weighted by Gasteiger charge is -2.25. The van der Waals surface area contributed by atoms with E-state index < -0.39 is 5.97 Å². The molecule has 0 saturated heterocycles. The summed E-state index contributed by atoms with van der Waals surface area (Å²) in [6.45, 7) is 1.98. The van der Waals surface area contributed by atoms with Gasteiger partial charge in [-0.15, -0.1) is 0 Å². The first kappa shape index (κ1) is 18.0. The summed E-state index contributed by atoms with van der Waals surface area (Å²) in [5.74, 6) is -1.03. The van der Waals surface area contributed by atoms with Crippen LogP contribution in [0.3, 0.4) is 0 Å². The number of rotatable bonds is 6. The highest BCUT2D eigenvalue weighted by Crippen LogP contribution is 2.15. The largest absolute Gasteiger partial charge is 0.481 e. The fraction of sp³-hybridized carbons (Fsp3) is 0.263. The monoisotopic (exact) mass is 345 g/mol. The van der Waals surface area contributed by atoms with E-state index in [0.29, 0.717) is 22.6 Å². The van der Waals surface area contributed by atoms with Crippen molar-refractivity contribution in [2.45, 2.75) is 25.8 Å². The second kappa shape index (κ2) is 7.97. The van der Waals surface area contributed by atoms with Crippen molar-refractivity contribution in [1.29, 1.82) is 0 Å². The molecule has 2 aromatic rings. The van der Waals surface area contributed by atoms with Gasteiger partial charge in [0.05, 0.1) is 6.42 Å². The minimum Gasteiger partial charge on any atom is -0.481 e. The number of nitrogens with zero attached hydrogens (tertiary/aromatic N) is 1. The van der Waals surface area contributed by atoms with Crippen molar-refractivity contribution in [1.82, 2.24) is 4.90 Å². The lowest BCUT2D eigenvalue weighted by Crippen LogP contribution is -2.36. The zero-order chi connectivity index (χ0) is 17.7. The van der Waals surface area contributed by atoms with E-state index in [9.17, 15) is 9.59 Å². The van der Waals surface area contributed by atoms with Gasteiger partial charge in [-0.05, 0) is 48.7 Å². The summed E-state index contributed by atoms with van der Waals surface area (Å²) in [6, 6.07) is 14.3.